The third-order valence-corrected chi connectivity index (χ3v) is 2.51. The summed E-state index contributed by atoms with van der Waals surface area (Å²) in [6, 6.07) is 5.29. The van der Waals surface area contributed by atoms with Crippen molar-refractivity contribution in [1.82, 2.24) is 5.32 Å². The van der Waals surface area contributed by atoms with E-state index in [0.717, 1.165) is 18.7 Å². The molecule has 1 unspecified atom stereocenters. The van der Waals surface area contributed by atoms with Crippen LogP contribution < -0.4 is 5.32 Å². The van der Waals surface area contributed by atoms with Crippen molar-refractivity contribution in [1.29, 1.82) is 0 Å². The van der Waals surface area contributed by atoms with Gasteiger partial charge in [0.2, 0.25) is 0 Å². The first kappa shape index (κ1) is 11.4. The van der Waals surface area contributed by atoms with E-state index in [1.165, 1.54) is 6.07 Å². The molecule has 0 radical (unpaired) electrons. The average molecular weight is 231 g/mol. The lowest BCUT2D eigenvalue weighted by Gasteiger charge is -2.24. The SMILES string of the molecule is FC(F)(F)c1cccc(C2CNCCO2)c1. The van der Waals surface area contributed by atoms with E-state index in [4.69, 9.17) is 4.74 Å². The molecule has 1 saturated heterocycles. The van der Waals surface area contributed by atoms with Gasteiger partial charge in [-0.2, -0.15) is 13.2 Å². The van der Waals surface area contributed by atoms with Gasteiger partial charge in [-0.1, -0.05) is 12.1 Å². The number of morpholine rings is 1. The number of halogens is 3. The number of ether oxygens (including phenoxy) is 1. The van der Waals surface area contributed by atoms with Gasteiger partial charge in [-0.05, 0) is 17.7 Å². The van der Waals surface area contributed by atoms with E-state index >= 15 is 0 Å². The van der Waals surface area contributed by atoms with Crippen LogP contribution in [0.1, 0.15) is 17.2 Å². The maximum atomic E-state index is 12.5. The van der Waals surface area contributed by atoms with Crippen molar-refractivity contribution in [2.75, 3.05) is 19.7 Å². The third-order valence-electron chi connectivity index (χ3n) is 2.51. The van der Waals surface area contributed by atoms with E-state index in [-0.39, 0.29) is 6.10 Å². The lowest BCUT2D eigenvalue weighted by atomic mass is 10.0. The van der Waals surface area contributed by atoms with Gasteiger partial charge in [0, 0.05) is 13.1 Å². The summed E-state index contributed by atoms with van der Waals surface area (Å²) in [6.07, 6.45) is -4.57. The van der Waals surface area contributed by atoms with Gasteiger partial charge in [0.1, 0.15) is 0 Å². The molecule has 1 aliphatic heterocycles. The lowest BCUT2D eigenvalue weighted by molar-refractivity contribution is -0.137. The minimum Gasteiger partial charge on any atom is -0.371 e. The maximum absolute atomic E-state index is 12.5. The van der Waals surface area contributed by atoms with Crippen molar-refractivity contribution in [2.24, 2.45) is 0 Å². The van der Waals surface area contributed by atoms with E-state index in [1.807, 2.05) is 0 Å². The van der Waals surface area contributed by atoms with Gasteiger partial charge in [0.25, 0.3) is 0 Å². The van der Waals surface area contributed by atoms with Crippen LogP contribution in [0.15, 0.2) is 24.3 Å². The van der Waals surface area contributed by atoms with Crippen molar-refractivity contribution < 1.29 is 17.9 Å². The molecule has 0 aromatic heterocycles. The Morgan fingerprint density at radius 1 is 1.31 bits per heavy atom. The number of benzene rings is 1. The smallest absolute Gasteiger partial charge is 0.371 e. The third kappa shape index (κ3) is 2.54. The van der Waals surface area contributed by atoms with Gasteiger partial charge in [-0.25, -0.2) is 0 Å². The second-order valence-corrected chi connectivity index (χ2v) is 3.69. The molecule has 0 amide bonds. The van der Waals surface area contributed by atoms with Crippen LogP contribution in [0, 0.1) is 0 Å². The van der Waals surface area contributed by atoms with Crippen LogP contribution in [0.25, 0.3) is 0 Å². The highest BCUT2D eigenvalue weighted by Crippen LogP contribution is 2.31. The van der Waals surface area contributed by atoms with Crippen LogP contribution in [0.2, 0.25) is 0 Å². The Balaban J connectivity index is 2.21. The second-order valence-electron chi connectivity index (χ2n) is 3.69. The highest BCUT2D eigenvalue weighted by Gasteiger charge is 2.31. The Morgan fingerprint density at radius 2 is 2.12 bits per heavy atom. The summed E-state index contributed by atoms with van der Waals surface area (Å²) in [6.45, 7) is 1.83. The first-order chi connectivity index (χ1) is 7.57. The Morgan fingerprint density at radius 3 is 2.75 bits per heavy atom. The molecule has 1 aromatic rings. The molecule has 1 fully saturated rings. The standard InChI is InChI=1S/C11H12F3NO/c12-11(13,14)9-3-1-2-8(6-9)10-7-15-4-5-16-10/h1-3,6,10,15H,4-5,7H2. The fourth-order valence-corrected chi connectivity index (χ4v) is 1.69. The van der Waals surface area contributed by atoms with E-state index in [1.54, 1.807) is 6.07 Å². The van der Waals surface area contributed by atoms with E-state index in [0.29, 0.717) is 18.7 Å². The fourth-order valence-electron chi connectivity index (χ4n) is 1.69. The van der Waals surface area contributed by atoms with E-state index in [9.17, 15) is 13.2 Å². The number of rotatable bonds is 1. The van der Waals surface area contributed by atoms with Gasteiger partial charge in [0.15, 0.2) is 0 Å². The van der Waals surface area contributed by atoms with Crippen LogP contribution in [-0.4, -0.2) is 19.7 Å². The molecular formula is C11H12F3NO. The van der Waals surface area contributed by atoms with Crippen molar-refractivity contribution >= 4 is 0 Å². The Kier molecular flexibility index (Phi) is 3.16. The molecule has 0 spiro atoms. The molecule has 1 N–H and O–H groups in total. The summed E-state index contributed by atoms with van der Waals surface area (Å²) < 4.78 is 42.8. The number of nitrogens with one attached hydrogen (secondary N) is 1. The minimum atomic E-state index is -4.29. The highest BCUT2D eigenvalue weighted by atomic mass is 19.4. The number of alkyl halides is 3. The fraction of sp³-hybridized carbons (Fsp3) is 0.455. The monoisotopic (exact) mass is 231 g/mol. The van der Waals surface area contributed by atoms with Gasteiger partial charge in [-0.3, -0.25) is 0 Å². The maximum Gasteiger partial charge on any atom is 0.416 e. The molecule has 2 nitrogen and oxygen atoms in total. The van der Waals surface area contributed by atoms with E-state index < -0.39 is 11.7 Å². The van der Waals surface area contributed by atoms with Crippen LogP contribution in [0.3, 0.4) is 0 Å². The summed E-state index contributed by atoms with van der Waals surface area (Å²) in [5.74, 6) is 0. The zero-order chi connectivity index (χ0) is 11.6. The topological polar surface area (TPSA) is 21.3 Å². The van der Waals surface area contributed by atoms with Crippen molar-refractivity contribution in [3.05, 3.63) is 35.4 Å². The summed E-state index contributed by atoms with van der Waals surface area (Å²) in [5, 5.41) is 3.09. The zero-order valence-corrected chi connectivity index (χ0v) is 8.55. The molecular weight excluding hydrogens is 219 g/mol. The molecule has 2 rings (SSSR count). The Bertz CT molecular complexity index is 358. The van der Waals surface area contributed by atoms with Crippen molar-refractivity contribution in [2.45, 2.75) is 12.3 Å². The molecule has 1 heterocycles. The molecule has 0 saturated carbocycles. The molecule has 0 bridgehead atoms. The van der Waals surface area contributed by atoms with Gasteiger partial charge in [0.05, 0.1) is 18.3 Å². The summed E-state index contributed by atoms with van der Waals surface area (Å²) in [5.41, 5.74) is -0.0544. The van der Waals surface area contributed by atoms with Gasteiger partial charge in [-0.15, -0.1) is 0 Å². The van der Waals surface area contributed by atoms with Gasteiger partial charge >= 0.3 is 6.18 Å². The predicted molar refractivity (Wildman–Crippen MR) is 53.0 cm³/mol. The van der Waals surface area contributed by atoms with Crippen LogP contribution in [0.4, 0.5) is 13.2 Å². The van der Waals surface area contributed by atoms with Gasteiger partial charge < -0.3 is 10.1 Å². The van der Waals surface area contributed by atoms with Crippen LogP contribution in [0.5, 0.6) is 0 Å². The number of hydrogen-bond donors (Lipinski definition) is 1. The average Bonchev–Trinajstić information content (AvgIpc) is 2.29. The molecule has 88 valence electrons. The summed E-state index contributed by atoms with van der Waals surface area (Å²) in [4.78, 5) is 0. The Hall–Kier alpha value is -1.07. The van der Waals surface area contributed by atoms with E-state index in [2.05, 4.69) is 5.32 Å². The van der Waals surface area contributed by atoms with Crippen molar-refractivity contribution in [3.8, 4) is 0 Å². The second kappa shape index (κ2) is 4.43. The first-order valence-electron chi connectivity index (χ1n) is 5.07. The Labute approximate surface area is 91.4 Å². The lowest BCUT2D eigenvalue weighted by Crippen LogP contribution is -2.33. The molecule has 16 heavy (non-hydrogen) atoms. The molecule has 1 aliphatic rings. The normalized spacial score (nSPS) is 22.1. The summed E-state index contributed by atoms with van der Waals surface area (Å²) >= 11 is 0. The van der Waals surface area contributed by atoms with Crippen LogP contribution in [-0.2, 0) is 10.9 Å². The van der Waals surface area contributed by atoms with Crippen LogP contribution >= 0.6 is 0 Å². The van der Waals surface area contributed by atoms with Crippen molar-refractivity contribution in [3.63, 3.8) is 0 Å². The first-order valence-corrected chi connectivity index (χ1v) is 5.07. The minimum absolute atomic E-state index is 0.281. The molecule has 1 aromatic carbocycles. The summed E-state index contributed by atoms with van der Waals surface area (Å²) in [7, 11) is 0. The quantitative estimate of drug-likeness (QED) is 0.801. The molecule has 5 heteroatoms. The predicted octanol–water partition coefficient (Wildman–Crippen LogP) is 2.37. The largest absolute Gasteiger partial charge is 0.416 e. The number of hydrogen-bond acceptors (Lipinski definition) is 2. The molecule has 1 atom stereocenters. The highest BCUT2D eigenvalue weighted by molar-refractivity contribution is 5.27. The molecule has 0 aliphatic carbocycles. The zero-order valence-electron chi connectivity index (χ0n) is 8.55.